The Morgan fingerprint density at radius 2 is 1.71 bits per heavy atom. The largest absolute Gasteiger partial charge is 0.367 e. The van der Waals surface area contributed by atoms with Crippen LogP contribution in [0.4, 0.5) is 0 Å². The van der Waals surface area contributed by atoms with Gasteiger partial charge in [0.2, 0.25) is 11.9 Å². The van der Waals surface area contributed by atoms with Crippen molar-refractivity contribution in [3.05, 3.63) is 5.62 Å². The van der Waals surface area contributed by atoms with Gasteiger partial charge in [0.25, 0.3) is 0 Å². The second-order valence-corrected chi connectivity index (χ2v) is 2.64. The Kier molecular flexibility index (Phi) is 3.11. The molecular formula is C3H12N14. The van der Waals surface area contributed by atoms with Crippen molar-refractivity contribution in [3.63, 3.8) is 0 Å². The predicted octanol–water partition coefficient (Wildman–Crippen LogP) is -5.74. The molecule has 0 saturated heterocycles. The number of nitrogens with zero attached hydrogens (tertiary/aromatic N) is 7. The summed E-state index contributed by atoms with van der Waals surface area (Å²) in [7, 11) is 0. The highest BCUT2D eigenvalue weighted by Crippen LogP contribution is 1.80. The molecule has 1 aromatic heterocycles. The Morgan fingerprint density at radius 3 is 2.12 bits per heavy atom. The first kappa shape index (κ1) is 12.2. The summed E-state index contributed by atoms with van der Waals surface area (Å²) < 4.78 is 0. The van der Waals surface area contributed by atoms with E-state index in [1.807, 2.05) is 0 Å². The van der Waals surface area contributed by atoms with Gasteiger partial charge in [-0.25, -0.2) is 11.7 Å². The molecule has 14 nitrogen and oxygen atoms in total. The standard InChI is InChI=1S/C3H12N14/c4-1(5)14(9)16-3(11-8)12-13-17(16)15(10)2(6)7/h8-10H2,(H3,4,5)(H3,6,7). The lowest BCUT2D eigenvalue weighted by molar-refractivity contribution is 0.421. The maximum absolute atomic E-state index is 7.16. The summed E-state index contributed by atoms with van der Waals surface area (Å²) in [4.78, 5) is 1.55. The van der Waals surface area contributed by atoms with Crippen LogP contribution in [0.25, 0.3) is 0 Å². The van der Waals surface area contributed by atoms with Gasteiger partial charge in [0.1, 0.15) is 0 Å². The fourth-order valence-electron chi connectivity index (χ4n) is 0.831. The summed E-state index contributed by atoms with van der Waals surface area (Å²) in [6.45, 7) is 0. The van der Waals surface area contributed by atoms with Crippen LogP contribution in [0.3, 0.4) is 0 Å². The predicted molar refractivity (Wildman–Crippen MR) is 56.4 cm³/mol. The smallest absolute Gasteiger partial charge is 0.306 e. The molecule has 94 valence electrons. The topological polar surface area (TPSA) is 232 Å². The van der Waals surface area contributed by atoms with Crippen molar-refractivity contribution in [2.24, 2.45) is 34.1 Å². The van der Waals surface area contributed by atoms with Crippen LogP contribution in [0.2, 0.25) is 0 Å². The van der Waals surface area contributed by atoms with Gasteiger partial charge in [0, 0.05) is 0 Å². The Labute approximate surface area is 93.7 Å². The molecule has 0 aliphatic heterocycles. The van der Waals surface area contributed by atoms with Crippen molar-refractivity contribution < 1.29 is 0 Å². The monoisotopic (exact) mass is 244 g/mol. The van der Waals surface area contributed by atoms with Crippen LogP contribution in [0.5, 0.6) is 0 Å². The lowest BCUT2D eigenvalue weighted by Crippen LogP contribution is -2.62. The Hall–Kier alpha value is -2.87. The molecule has 1 aromatic rings. The van der Waals surface area contributed by atoms with Gasteiger partial charge < -0.3 is 17.3 Å². The normalized spacial score (nSPS) is 11.3. The first-order valence-electron chi connectivity index (χ1n) is 3.97. The molecule has 17 heavy (non-hydrogen) atoms. The van der Waals surface area contributed by atoms with Crippen LogP contribution >= 0.6 is 0 Å². The van der Waals surface area contributed by atoms with E-state index in [0.717, 1.165) is 9.70 Å². The Bertz CT molecular complexity index is 488. The molecule has 0 unspecified atom stereocenters. The quantitative estimate of drug-likeness (QED) is 0.113. The van der Waals surface area contributed by atoms with Crippen molar-refractivity contribution in [2.75, 3.05) is 10.2 Å². The van der Waals surface area contributed by atoms with E-state index >= 15 is 0 Å². The lowest BCUT2D eigenvalue weighted by atomic mass is 11.0. The van der Waals surface area contributed by atoms with Gasteiger partial charge in [0.15, 0.2) is 0 Å². The lowest BCUT2D eigenvalue weighted by Gasteiger charge is -2.22. The molecular weight excluding hydrogens is 232 g/mol. The molecule has 14 heteroatoms. The molecule has 12 N–H and O–H groups in total. The van der Waals surface area contributed by atoms with E-state index in [1.54, 1.807) is 0 Å². The summed E-state index contributed by atoms with van der Waals surface area (Å²) >= 11 is 0. The van der Waals surface area contributed by atoms with E-state index in [-0.39, 0.29) is 5.62 Å². The van der Waals surface area contributed by atoms with E-state index in [4.69, 9.17) is 39.8 Å². The number of hydrogen-bond donors (Lipinski definition) is 7. The molecule has 0 radical (unpaired) electrons. The first-order valence-corrected chi connectivity index (χ1v) is 3.97. The number of hydrogen-bond acceptors (Lipinski definition) is 8. The molecule has 1 rings (SSSR count). The highest BCUT2D eigenvalue weighted by molar-refractivity contribution is 5.84. The SMILES string of the molecule is N=C(N)N(N)n1nnc(=NN)n1N(N)C(=N)N. The third-order valence-electron chi connectivity index (χ3n) is 1.57. The van der Waals surface area contributed by atoms with Crippen LogP contribution in [-0.4, -0.2) is 31.9 Å². The average molecular weight is 244 g/mol. The van der Waals surface area contributed by atoms with E-state index in [1.165, 1.54) is 0 Å². The van der Waals surface area contributed by atoms with Gasteiger partial charge in [-0.1, -0.05) is 9.89 Å². The van der Waals surface area contributed by atoms with E-state index in [2.05, 4.69) is 15.4 Å². The zero-order valence-electron chi connectivity index (χ0n) is 8.52. The van der Waals surface area contributed by atoms with Crippen molar-refractivity contribution in [1.29, 1.82) is 10.8 Å². The molecule has 0 fully saturated rings. The second-order valence-electron chi connectivity index (χ2n) is 2.64. The van der Waals surface area contributed by atoms with Gasteiger partial charge in [0.05, 0.1) is 0 Å². The Balaban J connectivity index is 3.39. The number of nitrogens with two attached hydrogens (primary N) is 5. The number of aromatic nitrogens is 4. The fourth-order valence-corrected chi connectivity index (χ4v) is 0.831. The van der Waals surface area contributed by atoms with Gasteiger partial charge >= 0.3 is 5.62 Å². The van der Waals surface area contributed by atoms with Crippen LogP contribution in [0.15, 0.2) is 5.10 Å². The van der Waals surface area contributed by atoms with Crippen LogP contribution in [0.1, 0.15) is 0 Å². The molecule has 0 bridgehead atoms. The minimum Gasteiger partial charge on any atom is -0.367 e. The number of rotatable bonds is 2. The molecule has 0 aliphatic carbocycles. The zero-order chi connectivity index (χ0) is 13.2. The maximum Gasteiger partial charge on any atom is 0.306 e. The third-order valence-corrected chi connectivity index (χ3v) is 1.57. The zero-order valence-corrected chi connectivity index (χ0v) is 8.52. The van der Waals surface area contributed by atoms with E-state index < -0.39 is 11.9 Å². The molecule has 0 atom stereocenters. The van der Waals surface area contributed by atoms with Crippen molar-refractivity contribution in [3.8, 4) is 0 Å². The minimum atomic E-state index is -0.569. The number of nitrogens with one attached hydrogen (secondary N) is 2. The van der Waals surface area contributed by atoms with Crippen molar-refractivity contribution in [2.45, 2.75) is 0 Å². The Morgan fingerprint density at radius 1 is 1.18 bits per heavy atom. The van der Waals surface area contributed by atoms with Crippen LogP contribution in [-0.2, 0) is 0 Å². The molecule has 0 amide bonds. The van der Waals surface area contributed by atoms with Crippen LogP contribution < -0.4 is 44.8 Å². The molecule has 0 aromatic carbocycles. The average Bonchev–Trinajstić information content (AvgIpc) is 2.69. The van der Waals surface area contributed by atoms with E-state index in [9.17, 15) is 0 Å². The summed E-state index contributed by atoms with van der Waals surface area (Å²) in [6.07, 6.45) is 0. The summed E-state index contributed by atoms with van der Waals surface area (Å²) in [5.74, 6) is 14.7. The molecule has 0 saturated carbocycles. The van der Waals surface area contributed by atoms with Crippen molar-refractivity contribution >= 4 is 11.9 Å². The van der Waals surface area contributed by atoms with Crippen molar-refractivity contribution in [1.82, 2.24) is 20.0 Å². The minimum absolute atomic E-state index is 0.209. The summed E-state index contributed by atoms with van der Waals surface area (Å²) in [5, 5.41) is 25.6. The number of hydrazine groups is 2. The third kappa shape index (κ3) is 2.06. The van der Waals surface area contributed by atoms with Gasteiger partial charge in [-0.3, -0.25) is 10.8 Å². The van der Waals surface area contributed by atoms with Gasteiger partial charge in [-0.2, -0.15) is 5.12 Å². The highest BCUT2D eigenvalue weighted by Gasteiger charge is 2.17. The summed E-state index contributed by atoms with van der Waals surface area (Å²) in [6, 6.07) is 0. The van der Waals surface area contributed by atoms with E-state index in [0.29, 0.717) is 10.2 Å². The molecule has 0 aliphatic rings. The highest BCUT2D eigenvalue weighted by atomic mass is 16.0. The van der Waals surface area contributed by atoms with Gasteiger partial charge in [-0.15, -0.1) is 10.2 Å². The maximum atomic E-state index is 7.16. The van der Waals surface area contributed by atoms with Gasteiger partial charge in [-0.05, 0) is 10.1 Å². The molecule has 0 spiro atoms. The molecule has 1 heterocycles. The fraction of sp³-hybridized carbons (Fsp3) is 0. The van der Waals surface area contributed by atoms with Crippen LogP contribution in [0, 0.1) is 10.8 Å². The second kappa shape index (κ2) is 4.33. The number of tetrazole rings is 1. The first-order chi connectivity index (χ1) is 7.90. The summed E-state index contributed by atoms with van der Waals surface area (Å²) in [5.41, 5.74) is 10.1. The number of guanidine groups is 2.